The predicted molar refractivity (Wildman–Crippen MR) is 102 cm³/mol. The highest BCUT2D eigenvalue weighted by molar-refractivity contribution is 7.16. The van der Waals surface area contributed by atoms with Crippen molar-refractivity contribution in [2.75, 3.05) is 25.0 Å². The van der Waals surface area contributed by atoms with Gasteiger partial charge in [-0.25, -0.2) is 4.79 Å². The lowest BCUT2D eigenvalue weighted by molar-refractivity contribution is -0.117. The molecule has 7 heteroatoms. The maximum Gasteiger partial charge on any atom is 0.341 e. The third-order valence-electron chi connectivity index (χ3n) is 4.13. The number of hydrogen-bond donors (Lipinski definition) is 1. The number of carbonyl (C=O) groups is 2. The molecule has 0 spiro atoms. The standard InChI is InChI=1S/C18H22N2O3S2/c1-3-13-9-14(18(22)23-4-2)17(25-13)19-16(21)11-20-7-5-15-12(10-20)6-8-24-15/h6,8-9H,3-5,7,10-11H2,1-2H3,(H,19,21). The first-order chi connectivity index (χ1) is 12.1. The zero-order valence-corrected chi connectivity index (χ0v) is 16.1. The van der Waals surface area contributed by atoms with Gasteiger partial charge in [-0.2, -0.15) is 0 Å². The van der Waals surface area contributed by atoms with Gasteiger partial charge in [0.15, 0.2) is 0 Å². The summed E-state index contributed by atoms with van der Waals surface area (Å²) in [7, 11) is 0. The predicted octanol–water partition coefficient (Wildman–Crippen LogP) is 3.55. The number of carbonyl (C=O) groups excluding carboxylic acids is 2. The number of fused-ring (bicyclic) bond motifs is 1. The summed E-state index contributed by atoms with van der Waals surface area (Å²) >= 11 is 3.23. The summed E-state index contributed by atoms with van der Waals surface area (Å²) in [6.07, 6.45) is 1.81. The molecular formula is C18H22N2O3S2. The number of rotatable bonds is 6. The summed E-state index contributed by atoms with van der Waals surface area (Å²) in [6, 6.07) is 3.95. The second kappa shape index (κ2) is 8.12. The first kappa shape index (κ1) is 18.1. The van der Waals surface area contributed by atoms with E-state index in [1.165, 1.54) is 21.8 Å². The number of aryl methyl sites for hydroxylation is 1. The van der Waals surface area contributed by atoms with E-state index in [4.69, 9.17) is 4.74 Å². The Morgan fingerprint density at radius 3 is 2.96 bits per heavy atom. The highest BCUT2D eigenvalue weighted by atomic mass is 32.1. The fraction of sp³-hybridized carbons (Fsp3) is 0.444. The second-order valence-corrected chi connectivity index (χ2v) is 8.04. The minimum atomic E-state index is -0.380. The summed E-state index contributed by atoms with van der Waals surface area (Å²) in [5, 5.41) is 5.61. The van der Waals surface area contributed by atoms with Crippen LogP contribution in [-0.4, -0.2) is 36.5 Å². The molecule has 1 N–H and O–H groups in total. The maximum absolute atomic E-state index is 12.5. The van der Waals surface area contributed by atoms with Crippen molar-refractivity contribution in [2.45, 2.75) is 33.2 Å². The zero-order valence-electron chi connectivity index (χ0n) is 14.5. The van der Waals surface area contributed by atoms with Crippen LogP contribution >= 0.6 is 22.7 Å². The van der Waals surface area contributed by atoms with Gasteiger partial charge in [0.25, 0.3) is 0 Å². The van der Waals surface area contributed by atoms with Crippen LogP contribution in [0, 0.1) is 0 Å². The highest BCUT2D eigenvalue weighted by Crippen LogP contribution is 2.29. The molecule has 1 amide bonds. The van der Waals surface area contributed by atoms with Crippen molar-refractivity contribution in [1.82, 2.24) is 4.90 Å². The van der Waals surface area contributed by atoms with Gasteiger partial charge in [0, 0.05) is 22.8 Å². The third-order valence-corrected chi connectivity index (χ3v) is 6.35. The lowest BCUT2D eigenvalue weighted by Gasteiger charge is -2.26. The molecule has 1 aliphatic heterocycles. The average Bonchev–Trinajstić information content (AvgIpc) is 3.21. The van der Waals surface area contributed by atoms with Gasteiger partial charge in [-0.3, -0.25) is 9.69 Å². The molecule has 3 rings (SSSR count). The minimum absolute atomic E-state index is 0.0891. The van der Waals surface area contributed by atoms with Crippen LogP contribution in [0.3, 0.4) is 0 Å². The smallest absolute Gasteiger partial charge is 0.341 e. The van der Waals surface area contributed by atoms with E-state index in [0.29, 0.717) is 23.7 Å². The Hall–Kier alpha value is -1.70. The van der Waals surface area contributed by atoms with Gasteiger partial charge in [0.05, 0.1) is 18.7 Å². The molecule has 0 aliphatic carbocycles. The Kier molecular flexibility index (Phi) is 5.88. The minimum Gasteiger partial charge on any atom is -0.462 e. The summed E-state index contributed by atoms with van der Waals surface area (Å²) in [5.41, 5.74) is 1.77. The largest absolute Gasteiger partial charge is 0.462 e. The Morgan fingerprint density at radius 1 is 1.36 bits per heavy atom. The summed E-state index contributed by atoms with van der Waals surface area (Å²) < 4.78 is 5.10. The Labute approximate surface area is 155 Å². The molecule has 1 aliphatic rings. The third kappa shape index (κ3) is 4.29. The van der Waals surface area contributed by atoms with Crippen LogP contribution < -0.4 is 5.32 Å². The molecule has 0 fully saturated rings. The van der Waals surface area contributed by atoms with Gasteiger partial charge in [-0.15, -0.1) is 22.7 Å². The molecule has 0 radical (unpaired) electrons. The molecule has 0 saturated carbocycles. The van der Waals surface area contributed by atoms with E-state index in [1.54, 1.807) is 18.3 Å². The summed E-state index contributed by atoms with van der Waals surface area (Å²) in [4.78, 5) is 29.2. The molecular weight excluding hydrogens is 356 g/mol. The van der Waals surface area contributed by atoms with Crippen LogP contribution in [0.15, 0.2) is 17.5 Å². The first-order valence-corrected chi connectivity index (χ1v) is 10.2. The molecule has 5 nitrogen and oxygen atoms in total. The Bertz CT molecular complexity index is 766. The van der Waals surface area contributed by atoms with Crippen LogP contribution in [0.2, 0.25) is 0 Å². The molecule has 3 heterocycles. The van der Waals surface area contributed by atoms with Crippen molar-refractivity contribution in [1.29, 1.82) is 0 Å². The molecule has 0 aromatic carbocycles. The van der Waals surface area contributed by atoms with Gasteiger partial charge >= 0.3 is 5.97 Å². The van der Waals surface area contributed by atoms with Crippen LogP contribution in [-0.2, 0) is 28.9 Å². The van der Waals surface area contributed by atoms with E-state index in [0.717, 1.165) is 30.8 Å². The molecule has 134 valence electrons. The molecule has 2 aromatic rings. The monoisotopic (exact) mass is 378 g/mol. The second-order valence-electron chi connectivity index (χ2n) is 5.91. The molecule has 0 unspecified atom stereocenters. The van der Waals surface area contributed by atoms with Crippen molar-refractivity contribution in [2.24, 2.45) is 0 Å². The number of nitrogens with zero attached hydrogens (tertiary/aromatic N) is 1. The number of hydrogen-bond acceptors (Lipinski definition) is 6. The van der Waals surface area contributed by atoms with E-state index in [-0.39, 0.29) is 11.9 Å². The molecule has 0 bridgehead atoms. The Balaban J connectivity index is 1.65. The lowest BCUT2D eigenvalue weighted by atomic mass is 10.1. The van der Waals surface area contributed by atoms with E-state index < -0.39 is 0 Å². The molecule has 0 saturated heterocycles. The van der Waals surface area contributed by atoms with Gasteiger partial charge in [-0.1, -0.05) is 6.92 Å². The number of nitrogens with one attached hydrogen (secondary N) is 1. The number of anilines is 1. The van der Waals surface area contributed by atoms with Gasteiger partial charge in [0.1, 0.15) is 5.00 Å². The van der Waals surface area contributed by atoms with E-state index >= 15 is 0 Å². The van der Waals surface area contributed by atoms with Gasteiger partial charge in [0.2, 0.25) is 5.91 Å². The number of thiophene rings is 2. The zero-order chi connectivity index (χ0) is 17.8. The van der Waals surface area contributed by atoms with Crippen molar-refractivity contribution in [3.05, 3.63) is 38.4 Å². The Morgan fingerprint density at radius 2 is 2.20 bits per heavy atom. The van der Waals surface area contributed by atoms with Crippen LogP contribution in [0.25, 0.3) is 0 Å². The molecule has 0 atom stereocenters. The van der Waals surface area contributed by atoms with Crippen molar-refractivity contribution in [3.8, 4) is 0 Å². The lowest BCUT2D eigenvalue weighted by Crippen LogP contribution is -2.36. The van der Waals surface area contributed by atoms with Gasteiger partial charge in [-0.05, 0) is 42.8 Å². The normalized spacial score (nSPS) is 14.2. The number of amides is 1. The quantitative estimate of drug-likeness (QED) is 0.781. The molecule has 2 aromatic heterocycles. The van der Waals surface area contributed by atoms with Crippen molar-refractivity contribution >= 4 is 39.6 Å². The van der Waals surface area contributed by atoms with Crippen molar-refractivity contribution < 1.29 is 14.3 Å². The highest BCUT2D eigenvalue weighted by Gasteiger charge is 2.22. The van der Waals surface area contributed by atoms with E-state index in [9.17, 15) is 9.59 Å². The average molecular weight is 379 g/mol. The number of ether oxygens (including phenoxy) is 1. The van der Waals surface area contributed by atoms with E-state index in [2.05, 4.69) is 21.7 Å². The SMILES string of the molecule is CCOC(=O)c1cc(CC)sc1NC(=O)CN1CCc2sccc2C1. The fourth-order valence-corrected chi connectivity index (χ4v) is 4.77. The number of esters is 1. The maximum atomic E-state index is 12.5. The summed E-state index contributed by atoms with van der Waals surface area (Å²) in [5.74, 6) is -0.469. The van der Waals surface area contributed by atoms with Crippen LogP contribution in [0.4, 0.5) is 5.00 Å². The van der Waals surface area contributed by atoms with Crippen LogP contribution in [0.5, 0.6) is 0 Å². The van der Waals surface area contributed by atoms with Crippen molar-refractivity contribution in [3.63, 3.8) is 0 Å². The van der Waals surface area contributed by atoms with E-state index in [1.807, 2.05) is 13.0 Å². The first-order valence-electron chi connectivity index (χ1n) is 8.48. The van der Waals surface area contributed by atoms with Crippen LogP contribution in [0.1, 0.15) is 39.5 Å². The summed E-state index contributed by atoms with van der Waals surface area (Å²) in [6.45, 7) is 6.14. The topological polar surface area (TPSA) is 58.6 Å². The van der Waals surface area contributed by atoms with Gasteiger partial charge < -0.3 is 10.1 Å². The molecule has 25 heavy (non-hydrogen) atoms. The fourth-order valence-electron chi connectivity index (χ4n) is 2.88.